The number of hydrogen-bond acceptors (Lipinski definition) is 5. The van der Waals surface area contributed by atoms with E-state index in [4.69, 9.17) is 10.8 Å². The first kappa shape index (κ1) is 11.9. The van der Waals surface area contributed by atoms with Crippen LogP contribution in [0.3, 0.4) is 0 Å². The summed E-state index contributed by atoms with van der Waals surface area (Å²) in [5.74, 6) is 0. The van der Waals surface area contributed by atoms with Gasteiger partial charge in [-0.05, 0) is 6.07 Å². The van der Waals surface area contributed by atoms with Gasteiger partial charge in [-0.3, -0.25) is 4.98 Å². The van der Waals surface area contributed by atoms with Crippen molar-refractivity contribution in [3.63, 3.8) is 0 Å². The number of aliphatic hydroxyl groups excluding tert-OH is 1. The molecule has 0 amide bonds. The minimum absolute atomic E-state index is 0.0245. The molecule has 0 aliphatic heterocycles. The van der Waals surface area contributed by atoms with E-state index in [1.54, 1.807) is 0 Å². The molecule has 1 heterocycles. The average molecular weight is 231 g/mol. The van der Waals surface area contributed by atoms with Crippen molar-refractivity contribution in [3.8, 4) is 0 Å². The predicted octanol–water partition coefficient (Wildman–Crippen LogP) is -0.723. The molecule has 0 saturated heterocycles. The molecule has 0 saturated carbocycles. The van der Waals surface area contributed by atoms with Gasteiger partial charge in [0.2, 0.25) is 10.0 Å². The molecule has 0 aliphatic carbocycles. The van der Waals surface area contributed by atoms with Crippen LogP contribution in [0.15, 0.2) is 23.4 Å². The lowest BCUT2D eigenvalue weighted by molar-refractivity contribution is 0.266. The third-order valence-electron chi connectivity index (χ3n) is 1.92. The number of aromatic nitrogens is 1. The summed E-state index contributed by atoms with van der Waals surface area (Å²) in [5.41, 5.74) is 5.68. The van der Waals surface area contributed by atoms with E-state index < -0.39 is 10.0 Å². The maximum atomic E-state index is 11.8. The van der Waals surface area contributed by atoms with E-state index in [-0.39, 0.29) is 23.7 Å². The molecule has 1 aromatic rings. The normalized spacial score (nSPS) is 11.9. The second-order valence-corrected chi connectivity index (χ2v) is 4.98. The number of nitrogens with two attached hydrogens (primary N) is 1. The predicted molar refractivity (Wildman–Crippen MR) is 55.6 cm³/mol. The number of aliphatic hydroxyl groups is 1. The van der Waals surface area contributed by atoms with Gasteiger partial charge in [-0.15, -0.1) is 0 Å². The highest BCUT2D eigenvalue weighted by Crippen LogP contribution is 2.19. The third kappa shape index (κ3) is 2.44. The van der Waals surface area contributed by atoms with Crippen molar-refractivity contribution in [1.82, 2.24) is 9.29 Å². The molecule has 0 fully saturated rings. The maximum Gasteiger partial charge on any atom is 0.246 e. The summed E-state index contributed by atoms with van der Waals surface area (Å²) in [7, 11) is -2.27. The quantitative estimate of drug-likeness (QED) is 0.712. The largest absolute Gasteiger partial charge is 0.398 e. The first-order chi connectivity index (χ1) is 7.00. The Morgan fingerprint density at radius 2 is 2.27 bits per heavy atom. The lowest BCUT2D eigenvalue weighted by Gasteiger charge is -2.16. The summed E-state index contributed by atoms with van der Waals surface area (Å²) < 4.78 is 24.7. The van der Waals surface area contributed by atoms with Crippen LogP contribution in [0.2, 0.25) is 0 Å². The Balaban J connectivity index is 3.12. The van der Waals surface area contributed by atoms with Gasteiger partial charge in [0.25, 0.3) is 0 Å². The fourth-order valence-corrected chi connectivity index (χ4v) is 2.25. The van der Waals surface area contributed by atoms with Crippen LogP contribution in [0.4, 0.5) is 5.69 Å². The smallest absolute Gasteiger partial charge is 0.246 e. The Bertz CT molecular complexity index is 433. The van der Waals surface area contributed by atoms with E-state index in [0.29, 0.717) is 0 Å². The summed E-state index contributed by atoms with van der Waals surface area (Å²) in [6.45, 7) is -0.216. The number of hydrogen-bond donors (Lipinski definition) is 2. The van der Waals surface area contributed by atoms with Crippen LogP contribution in [-0.4, -0.2) is 43.0 Å². The molecule has 0 atom stereocenters. The molecule has 0 aliphatic rings. The first-order valence-corrected chi connectivity index (χ1v) is 5.71. The van der Waals surface area contributed by atoms with Crippen molar-refractivity contribution in [2.24, 2.45) is 0 Å². The zero-order valence-electron chi connectivity index (χ0n) is 8.29. The van der Waals surface area contributed by atoms with E-state index in [1.807, 2.05) is 0 Å². The van der Waals surface area contributed by atoms with Crippen molar-refractivity contribution in [2.45, 2.75) is 4.90 Å². The highest BCUT2D eigenvalue weighted by Gasteiger charge is 2.22. The fourth-order valence-electron chi connectivity index (χ4n) is 1.04. The van der Waals surface area contributed by atoms with Crippen molar-refractivity contribution in [2.75, 3.05) is 25.9 Å². The van der Waals surface area contributed by atoms with Crippen LogP contribution < -0.4 is 5.73 Å². The van der Waals surface area contributed by atoms with Crippen LogP contribution in [-0.2, 0) is 10.0 Å². The molecule has 6 nitrogen and oxygen atoms in total. The molecule has 3 N–H and O–H groups in total. The lowest BCUT2D eigenvalue weighted by atomic mass is 10.4. The minimum Gasteiger partial charge on any atom is -0.398 e. The number of sulfonamides is 1. The average Bonchev–Trinajstić information content (AvgIpc) is 2.18. The van der Waals surface area contributed by atoms with Crippen LogP contribution in [0, 0.1) is 0 Å². The monoisotopic (exact) mass is 231 g/mol. The number of anilines is 1. The molecular weight excluding hydrogens is 218 g/mol. The van der Waals surface area contributed by atoms with Gasteiger partial charge in [0.15, 0.2) is 0 Å². The molecular formula is C8H13N3O3S. The molecule has 0 spiro atoms. The molecule has 7 heteroatoms. The van der Waals surface area contributed by atoms with Crippen LogP contribution in [0.25, 0.3) is 0 Å². The van der Waals surface area contributed by atoms with Gasteiger partial charge in [-0.2, -0.15) is 4.31 Å². The van der Waals surface area contributed by atoms with Gasteiger partial charge >= 0.3 is 0 Å². The maximum absolute atomic E-state index is 11.8. The molecule has 0 bridgehead atoms. The second kappa shape index (κ2) is 4.56. The van der Waals surface area contributed by atoms with E-state index >= 15 is 0 Å². The summed E-state index contributed by atoms with van der Waals surface area (Å²) in [6, 6.07) is 1.42. The minimum atomic E-state index is -3.65. The van der Waals surface area contributed by atoms with Crippen LogP contribution in [0.1, 0.15) is 0 Å². The summed E-state index contributed by atoms with van der Waals surface area (Å²) in [5, 5.41) is 8.66. The number of rotatable bonds is 4. The van der Waals surface area contributed by atoms with Crippen molar-refractivity contribution >= 4 is 15.7 Å². The Hall–Kier alpha value is -1.18. The summed E-state index contributed by atoms with van der Waals surface area (Å²) in [6.07, 6.45) is 2.61. The highest BCUT2D eigenvalue weighted by atomic mass is 32.2. The lowest BCUT2D eigenvalue weighted by Crippen LogP contribution is -2.30. The zero-order valence-corrected chi connectivity index (χ0v) is 9.11. The van der Waals surface area contributed by atoms with Gasteiger partial charge in [-0.1, -0.05) is 0 Å². The standard InChI is InChI=1S/C8H13N3O3S/c1-11(4-5-12)15(13,14)8-6-10-3-2-7(8)9/h2-3,6,12H,4-5H2,1H3,(H2,9,10). The third-order valence-corrected chi connectivity index (χ3v) is 3.82. The van der Waals surface area contributed by atoms with E-state index in [9.17, 15) is 8.42 Å². The molecule has 0 unspecified atom stereocenters. The zero-order chi connectivity index (χ0) is 11.5. The van der Waals surface area contributed by atoms with Crippen LogP contribution >= 0.6 is 0 Å². The van der Waals surface area contributed by atoms with E-state index in [0.717, 1.165) is 4.31 Å². The first-order valence-electron chi connectivity index (χ1n) is 4.27. The Morgan fingerprint density at radius 3 is 2.80 bits per heavy atom. The van der Waals surface area contributed by atoms with Crippen molar-refractivity contribution in [1.29, 1.82) is 0 Å². The number of pyridine rings is 1. The Labute approximate surface area is 88.4 Å². The molecule has 84 valence electrons. The Kier molecular flexibility index (Phi) is 3.61. The topological polar surface area (TPSA) is 96.5 Å². The second-order valence-electron chi connectivity index (χ2n) is 2.96. The molecule has 1 rings (SSSR count). The number of nitrogens with zero attached hydrogens (tertiary/aromatic N) is 2. The number of likely N-dealkylation sites (N-methyl/N-ethyl adjacent to an activating group) is 1. The summed E-state index contributed by atoms with van der Waals surface area (Å²) >= 11 is 0. The fraction of sp³-hybridized carbons (Fsp3) is 0.375. The molecule has 0 radical (unpaired) electrons. The molecule has 1 aromatic heterocycles. The van der Waals surface area contributed by atoms with Gasteiger partial charge in [-0.25, -0.2) is 8.42 Å². The van der Waals surface area contributed by atoms with E-state index in [2.05, 4.69) is 4.98 Å². The molecule has 15 heavy (non-hydrogen) atoms. The van der Waals surface area contributed by atoms with E-state index in [1.165, 1.54) is 25.5 Å². The van der Waals surface area contributed by atoms with Gasteiger partial charge < -0.3 is 10.8 Å². The summed E-state index contributed by atoms with van der Waals surface area (Å²) in [4.78, 5) is 3.67. The van der Waals surface area contributed by atoms with Crippen molar-refractivity contribution < 1.29 is 13.5 Å². The van der Waals surface area contributed by atoms with Gasteiger partial charge in [0.05, 0.1) is 12.3 Å². The number of nitrogen functional groups attached to an aromatic ring is 1. The SMILES string of the molecule is CN(CCO)S(=O)(=O)c1cnccc1N. The van der Waals surface area contributed by atoms with Crippen LogP contribution in [0.5, 0.6) is 0 Å². The highest BCUT2D eigenvalue weighted by molar-refractivity contribution is 7.89. The van der Waals surface area contributed by atoms with Crippen molar-refractivity contribution in [3.05, 3.63) is 18.5 Å². The van der Waals surface area contributed by atoms with Gasteiger partial charge in [0.1, 0.15) is 4.90 Å². The Morgan fingerprint density at radius 1 is 1.60 bits per heavy atom. The molecule has 0 aromatic carbocycles. The van der Waals surface area contributed by atoms with Gasteiger partial charge in [0, 0.05) is 26.0 Å².